The summed E-state index contributed by atoms with van der Waals surface area (Å²) in [7, 11) is 1.73. The van der Waals surface area contributed by atoms with Crippen molar-refractivity contribution in [1.82, 2.24) is 15.2 Å². The molecule has 1 aliphatic rings. The molecular weight excluding hydrogens is 294 g/mol. The molecule has 0 saturated carbocycles. The Morgan fingerprint density at radius 3 is 2.91 bits per heavy atom. The number of hydrogen-bond donors (Lipinski definition) is 1. The van der Waals surface area contributed by atoms with Crippen LogP contribution in [-0.2, 0) is 4.74 Å². The lowest BCUT2D eigenvalue weighted by Gasteiger charge is -2.31. The lowest BCUT2D eigenvalue weighted by atomic mass is 9.96. The first-order chi connectivity index (χ1) is 11.2. The van der Waals surface area contributed by atoms with Gasteiger partial charge in [0.05, 0.1) is 13.2 Å². The van der Waals surface area contributed by atoms with Crippen molar-refractivity contribution in [2.75, 3.05) is 46.5 Å². The van der Waals surface area contributed by atoms with Crippen molar-refractivity contribution < 1.29 is 14.3 Å². The molecule has 1 fully saturated rings. The molecule has 0 aliphatic carbocycles. The Labute approximate surface area is 138 Å². The number of nitrogens with zero attached hydrogens (tertiary/aromatic N) is 2. The summed E-state index contributed by atoms with van der Waals surface area (Å²) in [5.41, 5.74) is 0.506. The van der Waals surface area contributed by atoms with Crippen molar-refractivity contribution in [3.05, 3.63) is 23.9 Å². The molecule has 0 radical (unpaired) electrons. The zero-order valence-electron chi connectivity index (χ0n) is 14.1. The first-order valence-electron chi connectivity index (χ1n) is 8.32. The van der Waals surface area contributed by atoms with Crippen molar-refractivity contribution in [3.8, 4) is 5.88 Å². The third kappa shape index (κ3) is 5.48. The third-order valence-electron chi connectivity index (χ3n) is 4.17. The minimum atomic E-state index is -0.108. The van der Waals surface area contributed by atoms with Gasteiger partial charge in [0.1, 0.15) is 5.56 Å². The van der Waals surface area contributed by atoms with Crippen LogP contribution in [0.1, 0.15) is 30.1 Å². The smallest absolute Gasteiger partial charge is 0.256 e. The molecule has 1 saturated heterocycles. The molecular formula is C17H27N3O3. The van der Waals surface area contributed by atoms with E-state index in [9.17, 15) is 4.79 Å². The van der Waals surface area contributed by atoms with Gasteiger partial charge in [0.25, 0.3) is 5.91 Å². The highest BCUT2D eigenvalue weighted by molar-refractivity contribution is 5.96. The maximum absolute atomic E-state index is 12.3. The van der Waals surface area contributed by atoms with E-state index >= 15 is 0 Å². The van der Waals surface area contributed by atoms with Crippen molar-refractivity contribution >= 4 is 5.91 Å². The zero-order valence-corrected chi connectivity index (χ0v) is 14.1. The van der Waals surface area contributed by atoms with Gasteiger partial charge in [-0.25, -0.2) is 4.98 Å². The van der Waals surface area contributed by atoms with Gasteiger partial charge in [0.15, 0.2) is 0 Å². The Bertz CT molecular complexity index is 488. The first-order valence-corrected chi connectivity index (χ1v) is 8.32. The first kappa shape index (κ1) is 17.7. The number of carbonyl (C=O) groups is 1. The highest BCUT2D eigenvalue weighted by Crippen LogP contribution is 2.17. The molecule has 2 rings (SSSR count). The molecule has 1 amide bonds. The molecule has 0 atom stereocenters. The summed E-state index contributed by atoms with van der Waals surface area (Å²) < 4.78 is 10.5. The molecule has 1 aromatic heterocycles. The zero-order chi connectivity index (χ0) is 16.5. The van der Waals surface area contributed by atoms with E-state index in [2.05, 4.69) is 15.2 Å². The number of aromatic nitrogens is 1. The largest absolute Gasteiger partial charge is 0.477 e. The van der Waals surface area contributed by atoms with Crippen LogP contribution >= 0.6 is 0 Å². The van der Waals surface area contributed by atoms with Crippen LogP contribution in [0.4, 0.5) is 0 Å². The van der Waals surface area contributed by atoms with Crippen LogP contribution in [-0.4, -0.2) is 62.3 Å². The average molecular weight is 321 g/mol. The van der Waals surface area contributed by atoms with Crippen molar-refractivity contribution in [1.29, 1.82) is 0 Å². The second-order valence-corrected chi connectivity index (χ2v) is 5.78. The Morgan fingerprint density at radius 2 is 2.22 bits per heavy atom. The number of ether oxygens (including phenoxy) is 2. The fourth-order valence-corrected chi connectivity index (χ4v) is 2.78. The van der Waals surface area contributed by atoms with Crippen LogP contribution in [0.2, 0.25) is 0 Å². The Kier molecular flexibility index (Phi) is 7.29. The minimum Gasteiger partial charge on any atom is -0.477 e. The summed E-state index contributed by atoms with van der Waals surface area (Å²) in [5, 5.41) is 3.02. The van der Waals surface area contributed by atoms with Crippen molar-refractivity contribution in [2.45, 2.75) is 19.8 Å². The lowest BCUT2D eigenvalue weighted by Crippen LogP contribution is -2.39. The van der Waals surface area contributed by atoms with E-state index < -0.39 is 0 Å². The number of pyridine rings is 1. The number of carbonyl (C=O) groups excluding carboxylic acids is 1. The molecule has 6 nitrogen and oxygen atoms in total. The van der Waals surface area contributed by atoms with Gasteiger partial charge in [-0.3, -0.25) is 4.79 Å². The number of likely N-dealkylation sites (tertiary alicyclic amines) is 1. The number of methoxy groups -OCH3 is 1. The number of rotatable bonds is 8. The fourth-order valence-electron chi connectivity index (χ4n) is 2.78. The topological polar surface area (TPSA) is 63.7 Å². The van der Waals surface area contributed by atoms with Gasteiger partial charge in [-0.05, 0) is 50.9 Å². The Morgan fingerprint density at radius 1 is 1.43 bits per heavy atom. The van der Waals surface area contributed by atoms with Crippen LogP contribution < -0.4 is 10.1 Å². The van der Waals surface area contributed by atoms with Crippen LogP contribution in [0.25, 0.3) is 0 Å². The summed E-state index contributed by atoms with van der Waals surface area (Å²) in [6, 6.07) is 3.51. The van der Waals surface area contributed by atoms with Gasteiger partial charge < -0.3 is 19.7 Å². The normalized spacial score (nSPS) is 16.3. The van der Waals surface area contributed by atoms with Crippen molar-refractivity contribution in [2.24, 2.45) is 5.92 Å². The molecule has 23 heavy (non-hydrogen) atoms. The van der Waals surface area contributed by atoms with E-state index in [1.165, 1.54) is 0 Å². The highest BCUT2D eigenvalue weighted by Gasteiger charge is 2.20. The average Bonchev–Trinajstić information content (AvgIpc) is 2.59. The molecule has 2 heterocycles. The van der Waals surface area contributed by atoms with E-state index in [1.54, 1.807) is 25.4 Å². The van der Waals surface area contributed by atoms with E-state index in [0.29, 0.717) is 30.5 Å². The summed E-state index contributed by atoms with van der Waals surface area (Å²) in [6.07, 6.45) is 3.85. The maximum atomic E-state index is 12.3. The summed E-state index contributed by atoms with van der Waals surface area (Å²) >= 11 is 0. The van der Waals surface area contributed by atoms with Crippen LogP contribution in [0, 0.1) is 5.92 Å². The second kappa shape index (κ2) is 9.47. The molecule has 0 bridgehead atoms. The van der Waals surface area contributed by atoms with E-state index in [1.807, 2.05) is 6.92 Å². The molecule has 1 N–H and O–H groups in total. The van der Waals surface area contributed by atoms with Gasteiger partial charge in [-0.1, -0.05) is 0 Å². The predicted octanol–water partition coefficient (Wildman–Crippen LogP) is 1.57. The number of amides is 1. The Hall–Kier alpha value is -1.66. The van der Waals surface area contributed by atoms with Gasteiger partial charge in [0.2, 0.25) is 5.88 Å². The number of nitrogens with one attached hydrogen (secondary N) is 1. The number of piperidine rings is 1. The van der Waals surface area contributed by atoms with E-state index in [-0.39, 0.29) is 5.91 Å². The summed E-state index contributed by atoms with van der Waals surface area (Å²) in [6.45, 7) is 7.00. The quantitative estimate of drug-likeness (QED) is 0.787. The lowest BCUT2D eigenvalue weighted by molar-refractivity contribution is 0.0921. The van der Waals surface area contributed by atoms with Gasteiger partial charge in [0, 0.05) is 26.4 Å². The summed E-state index contributed by atoms with van der Waals surface area (Å²) in [5.74, 6) is 0.829. The van der Waals surface area contributed by atoms with Crippen LogP contribution in [0.15, 0.2) is 18.3 Å². The minimum absolute atomic E-state index is 0.108. The Balaban J connectivity index is 1.77. The standard InChI is InChI=1S/C17H27N3O3/c1-3-23-17-15(5-4-8-18-17)16(21)19-13-14-6-9-20(10-7-14)11-12-22-2/h4-5,8,14H,3,6-7,9-13H2,1-2H3,(H,19,21). The molecule has 1 aromatic rings. The molecule has 0 aromatic carbocycles. The van der Waals surface area contributed by atoms with Gasteiger partial charge in [-0.15, -0.1) is 0 Å². The van der Waals surface area contributed by atoms with Gasteiger partial charge >= 0.3 is 0 Å². The highest BCUT2D eigenvalue weighted by atomic mass is 16.5. The van der Waals surface area contributed by atoms with E-state index in [4.69, 9.17) is 9.47 Å². The van der Waals surface area contributed by atoms with Crippen molar-refractivity contribution in [3.63, 3.8) is 0 Å². The van der Waals surface area contributed by atoms with Gasteiger partial charge in [-0.2, -0.15) is 0 Å². The molecule has 6 heteroatoms. The number of hydrogen-bond acceptors (Lipinski definition) is 5. The molecule has 1 aliphatic heterocycles. The summed E-state index contributed by atoms with van der Waals surface area (Å²) in [4.78, 5) is 18.9. The molecule has 128 valence electrons. The SMILES string of the molecule is CCOc1ncccc1C(=O)NCC1CCN(CCOC)CC1. The molecule has 0 spiro atoms. The van der Waals surface area contributed by atoms with E-state index in [0.717, 1.165) is 39.1 Å². The monoisotopic (exact) mass is 321 g/mol. The van der Waals surface area contributed by atoms with Crippen LogP contribution in [0.3, 0.4) is 0 Å². The second-order valence-electron chi connectivity index (χ2n) is 5.78. The fraction of sp³-hybridized carbons (Fsp3) is 0.647. The maximum Gasteiger partial charge on any atom is 0.256 e. The predicted molar refractivity (Wildman–Crippen MR) is 88.8 cm³/mol. The molecule has 0 unspecified atom stereocenters. The van der Waals surface area contributed by atoms with Crippen LogP contribution in [0.5, 0.6) is 5.88 Å². The third-order valence-corrected chi connectivity index (χ3v) is 4.17.